The fourth-order valence-corrected chi connectivity index (χ4v) is 2.83. The Bertz CT molecular complexity index is 799. The van der Waals surface area contributed by atoms with Gasteiger partial charge in [0.1, 0.15) is 0 Å². The standard InChI is InChI=1S/C17H18N4O2S/c1-12(11-22)10-18-17(23)15-19-16(14-8-5-9-24-14)21(20-15)13-6-3-2-4-7-13/h2-9,12,22H,10-11H2,1H3,(H,18,23). The zero-order chi connectivity index (χ0) is 16.9. The number of aromatic nitrogens is 3. The molecule has 0 bridgehead atoms. The lowest BCUT2D eigenvalue weighted by molar-refractivity contribution is 0.0932. The summed E-state index contributed by atoms with van der Waals surface area (Å²) in [4.78, 5) is 17.7. The van der Waals surface area contributed by atoms with E-state index >= 15 is 0 Å². The first-order chi connectivity index (χ1) is 11.7. The number of thiophene rings is 1. The van der Waals surface area contributed by atoms with E-state index < -0.39 is 0 Å². The molecule has 7 heteroatoms. The molecule has 0 saturated heterocycles. The van der Waals surface area contributed by atoms with Gasteiger partial charge in [0, 0.05) is 13.2 Å². The molecule has 1 atom stereocenters. The first-order valence-electron chi connectivity index (χ1n) is 7.64. The number of nitrogens with one attached hydrogen (secondary N) is 1. The number of aliphatic hydroxyl groups excluding tert-OH is 1. The summed E-state index contributed by atoms with van der Waals surface area (Å²) >= 11 is 1.54. The molecular formula is C17H18N4O2S. The van der Waals surface area contributed by atoms with Crippen LogP contribution in [0.2, 0.25) is 0 Å². The molecule has 1 amide bonds. The molecule has 2 aromatic heterocycles. The lowest BCUT2D eigenvalue weighted by Gasteiger charge is -2.07. The Kier molecular flexibility index (Phi) is 5.02. The molecule has 2 heterocycles. The topological polar surface area (TPSA) is 80.0 Å². The maximum absolute atomic E-state index is 12.3. The average Bonchev–Trinajstić information content (AvgIpc) is 3.29. The zero-order valence-corrected chi connectivity index (χ0v) is 14.0. The maximum Gasteiger partial charge on any atom is 0.291 e. The largest absolute Gasteiger partial charge is 0.396 e. The highest BCUT2D eigenvalue weighted by Gasteiger charge is 2.19. The summed E-state index contributed by atoms with van der Waals surface area (Å²) in [5, 5.41) is 18.1. The summed E-state index contributed by atoms with van der Waals surface area (Å²) in [5.41, 5.74) is 0.844. The van der Waals surface area contributed by atoms with E-state index in [9.17, 15) is 4.79 Å². The fraction of sp³-hybridized carbons (Fsp3) is 0.235. The normalized spacial score (nSPS) is 12.1. The Morgan fingerprint density at radius 3 is 2.75 bits per heavy atom. The van der Waals surface area contributed by atoms with Gasteiger partial charge < -0.3 is 10.4 Å². The van der Waals surface area contributed by atoms with Gasteiger partial charge in [0.05, 0.1) is 10.6 Å². The first-order valence-corrected chi connectivity index (χ1v) is 8.52. The van der Waals surface area contributed by atoms with E-state index in [-0.39, 0.29) is 24.3 Å². The van der Waals surface area contributed by atoms with Crippen molar-refractivity contribution in [2.45, 2.75) is 6.92 Å². The molecule has 1 unspecified atom stereocenters. The first kappa shape index (κ1) is 16.4. The van der Waals surface area contributed by atoms with Gasteiger partial charge in [-0.05, 0) is 29.5 Å². The van der Waals surface area contributed by atoms with E-state index in [1.807, 2.05) is 54.8 Å². The van der Waals surface area contributed by atoms with Crippen LogP contribution in [0.3, 0.4) is 0 Å². The number of para-hydroxylation sites is 1. The number of benzene rings is 1. The highest BCUT2D eigenvalue weighted by Crippen LogP contribution is 2.25. The van der Waals surface area contributed by atoms with Crippen molar-refractivity contribution in [1.82, 2.24) is 20.1 Å². The van der Waals surface area contributed by atoms with Crippen LogP contribution < -0.4 is 5.32 Å². The predicted molar refractivity (Wildman–Crippen MR) is 93.3 cm³/mol. The van der Waals surface area contributed by atoms with Crippen molar-refractivity contribution in [1.29, 1.82) is 0 Å². The molecule has 0 fully saturated rings. The van der Waals surface area contributed by atoms with Crippen molar-refractivity contribution in [2.24, 2.45) is 5.92 Å². The van der Waals surface area contributed by atoms with Crippen LogP contribution in [0, 0.1) is 5.92 Å². The lowest BCUT2D eigenvalue weighted by Crippen LogP contribution is -2.30. The molecule has 0 aliphatic rings. The number of carbonyl (C=O) groups excluding carboxylic acids is 1. The van der Waals surface area contributed by atoms with Crippen molar-refractivity contribution in [2.75, 3.05) is 13.2 Å². The molecule has 24 heavy (non-hydrogen) atoms. The monoisotopic (exact) mass is 342 g/mol. The van der Waals surface area contributed by atoms with Gasteiger partial charge in [0.2, 0.25) is 5.82 Å². The van der Waals surface area contributed by atoms with Crippen molar-refractivity contribution in [3.05, 3.63) is 53.7 Å². The van der Waals surface area contributed by atoms with E-state index in [0.717, 1.165) is 10.6 Å². The number of nitrogens with zero attached hydrogens (tertiary/aromatic N) is 3. The third-order valence-electron chi connectivity index (χ3n) is 3.48. The molecular weight excluding hydrogens is 324 g/mol. The Hall–Kier alpha value is -2.51. The molecule has 0 spiro atoms. The summed E-state index contributed by atoms with van der Waals surface area (Å²) in [6.45, 7) is 2.25. The number of rotatable bonds is 6. The summed E-state index contributed by atoms with van der Waals surface area (Å²) in [6, 6.07) is 13.5. The van der Waals surface area contributed by atoms with Crippen LogP contribution >= 0.6 is 11.3 Å². The third-order valence-corrected chi connectivity index (χ3v) is 4.34. The highest BCUT2D eigenvalue weighted by molar-refractivity contribution is 7.13. The molecule has 124 valence electrons. The van der Waals surface area contributed by atoms with Gasteiger partial charge in [0.25, 0.3) is 5.91 Å². The number of amides is 1. The molecule has 3 aromatic rings. The molecule has 0 saturated carbocycles. The van der Waals surface area contributed by atoms with Gasteiger partial charge in [0.15, 0.2) is 5.82 Å². The molecule has 6 nitrogen and oxygen atoms in total. The van der Waals surface area contributed by atoms with Gasteiger partial charge in [-0.2, -0.15) is 0 Å². The minimum Gasteiger partial charge on any atom is -0.396 e. The molecule has 0 aliphatic carbocycles. The van der Waals surface area contributed by atoms with Crippen molar-refractivity contribution in [3.63, 3.8) is 0 Å². The van der Waals surface area contributed by atoms with Crippen LogP contribution in [0.1, 0.15) is 17.5 Å². The minimum absolute atomic E-state index is 0.0121. The van der Waals surface area contributed by atoms with Gasteiger partial charge in [-0.15, -0.1) is 16.4 Å². The van der Waals surface area contributed by atoms with Crippen LogP contribution in [-0.4, -0.2) is 38.9 Å². The molecule has 3 rings (SSSR count). The number of hydrogen-bond acceptors (Lipinski definition) is 5. The van der Waals surface area contributed by atoms with Gasteiger partial charge in [-0.1, -0.05) is 31.2 Å². The quantitative estimate of drug-likeness (QED) is 0.721. The van der Waals surface area contributed by atoms with E-state index in [2.05, 4.69) is 15.4 Å². The predicted octanol–water partition coefficient (Wildman–Crippen LogP) is 2.35. The molecule has 0 aliphatic heterocycles. The van der Waals surface area contributed by atoms with Crippen LogP contribution in [0.15, 0.2) is 47.8 Å². The molecule has 2 N–H and O–H groups in total. The number of hydrogen-bond donors (Lipinski definition) is 2. The van der Waals surface area contributed by atoms with Crippen LogP contribution in [-0.2, 0) is 0 Å². The van der Waals surface area contributed by atoms with E-state index in [0.29, 0.717) is 12.4 Å². The smallest absolute Gasteiger partial charge is 0.291 e. The Labute approximate surface area is 143 Å². The lowest BCUT2D eigenvalue weighted by atomic mass is 10.2. The second-order valence-electron chi connectivity index (χ2n) is 5.48. The second-order valence-corrected chi connectivity index (χ2v) is 6.43. The summed E-state index contributed by atoms with van der Waals surface area (Å²) < 4.78 is 1.68. The van der Waals surface area contributed by atoms with Crippen LogP contribution in [0.5, 0.6) is 0 Å². The highest BCUT2D eigenvalue weighted by atomic mass is 32.1. The van der Waals surface area contributed by atoms with E-state index in [4.69, 9.17) is 5.11 Å². The van der Waals surface area contributed by atoms with Gasteiger partial charge >= 0.3 is 0 Å². The summed E-state index contributed by atoms with van der Waals surface area (Å²) in [7, 11) is 0. The van der Waals surface area contributed by atoms with Crippen LogP contribution in [0.4, 0.5) is 0 Å². The van der Waals surface area contributed by atoms with E-state index in [1.165, 1.54) is 0 Å². The van der Waals surface area contributed by atoms with Crippen LogP contribution in [0.25, 0.3) is 16.4 Å². The fourth-order valence-electron chi connectivity index (χ4n) is 2.13. The maximum atomic E-state index is 12.3. The Morgan fingerprint density at radius 1 is 1.29 bits per heavy atom. The van der Waals surface area contributed by atoms with Gasteiger partial charge in [-0.25, -0.2) is 9.67 Å². The molecule has 0 radical (unpaired) electrons. The second kappa shape index (κ2) is 7.37. The number of aliphatic hydroxyl groups is 1. The Balaban J connectivity index is 1.94. The third kappa shape index (κ3) is 3.52. The van der Waals surface area contributed by atoms with Crippen molar-refractivity contribution in [3.8, 4) is 16.4 Å². The van der Waals surface area contributed by atoms with Gasteiger partial charge in [-0.3, -0.25) is 4.79 Å². The summed E-state index contributed by atoms with van der Waals surface area (Å²) in [5.74, 6) is 0.397. The zero-order valence-electron chi connectivity index (χ0n) is 13.2. The Morgan fingerprint density at radius 2 is 2.08 bits per heavy atom. The SMILES string of the molecule is CC(CO)CNC(=O)c1nc(-c2cccs2)n(-c2ccccc2)n1. The number of carbonyl (C=O) groups is 1. The van der Waals surface area contributed by atoms with Crippen molar-refractivity contribution < 1.29 is 9.90 Å². The average molecular weight is 342 g/mol. The minimum atomic E-state index is -0.345. The summed E-state index contributed by atoms with van der Waals surface area (Å²) in [6.07, 6.45) is 0. The molecule has 1 aromatic carbocycles. The van der Waals surface area contributed by atoms with E-state index in [1.54, 1.807) is 16.0 Å². The van der Waals surface area contributed by atoms with Crippen molar-refractivity contribution >= 4 is 17.2 Å².